The predicted molar refractivity (Wildman–Crippen MR) is 78.8 cm³/mol. The fraction of sp³-hybridized carbons (Fsp3) is 0.500. The van der Waals surface area contributed by atoms with Crippen molar-refractivity contribution in [2.45, 2.75) is 32.3 Å². The number of nitrogens with zero attached hydrogens (tertiary/aromatic N) is 5. The number of hydrazine groups is 1. The van der Waals surface area contributed by atoms with Crippen molar-refractivity contribution in [2.24, 2.45) is 5.84 Å². The van der Waals surface area contributed by atoms with Crippen molar-refractivity contribution in [1.29, 1.82) is 0 Å². The van der Waals surface area contributed by atoms with Gasteiger partial charge in [0, 0.05) is 18.9 Å². The number of hydrogen-bond donors (Lipinski definition) is 4. The molecule has 0 fully saturated rings. The van der Waals surface area contributed by atoms with Gasteiger partial charge in [0.1, 0.15) is 6.33 Å². The number of nitrogen functional groups attached to an aromatic ring is 1. The molecule has 2 rings (SSSR count). The van der Waals surface area contributed by atoms with Gasteiger partial charge in [-0.05, 0) is 12.8 Å². The summed E-state index contributed by atoms with van der Waals surface area (Å²) in [6.07, 6.45) is 6.19. The lowest BCUT2D eigenvalue weighted by atomic mass is 9.98. The van der Waals surface area contributed by atoms with E-state index in [9.17, 15) is 5.11 Å². The molecule has 2 aromatic rings. The van der Waals surface area contributed by atoms with Gasteiger partial charge in [-0.3, -0.25) is 9.99 Å². The summed E-state index contributed by atoms with van der Waals surface area (Å²) in [5.74, 6) is 6.32. The molecule has 2 aromatic heterocycles. The van der Waals surface area contributed by atoms with Gasteiger partial charge in [0.25, 0.3) is 0 Å². The summed E-state index contributed by atoms with van der Waals surface area (Å²) in [6.45, 7) is 4.21. The van der Waals surface area contributed by atoms with E-state index in [1.165, 1.54) is 0 Å². The summed E-state index contributed by atoms with van der Waals surface area (Å²) in [5, 5.41) is 13.3. The predicted octanol–water partition coefficient (Wildman–Crippen LogP) is 0.306. The van der Waals surface area contributed by atoms with Crippen LogP contribution >= 0.6 is 0 Å². The number of hydrogen-bond acceptors (Lipinski definition) is 8. The van der Waals surface area contributed by atoms with Crippen molar-refractivity contribution in [2.75, 3.05) is 17.3 Å². The maximum absolute atomic E-state index is 10.3. The van der Waals surface area contributed by atoms with Crippen LogP contribution in [0.3, 0.4) is 0 Å². The smallest absolute Gasteiger partial charge is 0.243 e. The van der Waals surface area contributed by atoms with Crippen LogP contribution in [-0.2, 0) is 0 Å². The molecule has 0 saturated carbocycles. The Morgan fingerprint density at radius 3 is 2.52 bits per heavy atom. The highest BCUT2D eigenvalue weighted by atomic mass is 16.3. The molecule has 0 aromatic carbocycles. The minimum Gasteiger partial charge on any atom is -0.388 e. The van der Waals surface area contributed by atoms with Gasteiger partial charge in [0.2, 0.25) is 17.8 Å². The van der Waals surface area contributed by atoms with Crippen molar-refractivity contribution in [3.63, 3.8) is 0 Å². The molecule has 5 N–H and O–H groups in total. The summed E-state index contributed by atoms with van der Waals surface area (Å²) in [7, 11) is 0. The van der Waals surface area contributed by atoms with E-state index in [0.717, 1.165) is 0 Å². The van der Waals surface area contributed by atoms with Crippen molar-refractivity contribution in [3.8, 4) is 5.95 Å². The van der Waals surface area contributed by atoms with Crippen LogP contribution in [0.5, 0.6) is 0 Å². The Balaban J connectivity index is 2.21. The molecule has 0 bridgehead atoms. The van der Waals surface area contributed by atoms with Crippen LogP contribution in [0.4, 0.5) is 11.9 Å². The molecule has 0 spiro atoms. The third-order valence-corrected chi connectivity index (χ3v) is 3.38. The van der Waals surface area contributed by atoms with E-state index >= 15 is 0 Å². The molecule has 9 heteroatoms. The first-order chi connectivity index (χ1) is 10.1. The highest BCUT2D eigenvalue weighted by molar-refractivity contribution is 5.37. The Hall–Kier alpha value is -2.26. The van der Waals surface area contributed by atoms with E-state index in [1.807, 2.05) is 13.8 Å². The third-order valence-electron chi connectivity index (χ3n) is 3.38. The topological polar surface area (TPSA) is 127 Å². The van der Waals surface area contributed by atoms with Crippen molar-refractivity contribution < 1.29 is 5.11 Å². The number of aromatic nitrogens is 5. The zero-order valence-electron chi connectivity index (χ0n) is 12.1. The second-order valence-corrected chi connectivity index (χ2v) is 4.68. The average molecular weight is 292 g/mol. The Morgan fingerprint density at radius 1 is 1.24 bits per heavy atom. The maximum atomic E-state index is 10.3. The first kappa shape index (κ1) is 15.1. The number of rotatable bonds is 7. The molecule has 9 nitrogen and oxygen atoms in total. The van der Waals surface area contributed by atoms with Gasteiger partial charge < -0.3 is 10.4 Å². The Kier molecular flexibility index (Phi) is 4.66. The number of imidazole rings is 1. The van der Waals surface area contributed by atoms with Crippen LogP contribution in [0.2, 0.25) is 0 Å². The molecule has 0 aliphatic heterocycles. The minimum atomic E-state index is -0.794. The van der Waals surface area contributed by atoms with Gasteiger partial charge in [-0.15, -0.1) is 0 Å². The molecule has 21 heavy (non-hydrogen) atoms. The molecular formula is C12H20N8O. The van der Waals surface area contributed by atoms with Gasteiger partial charge in [0.05, 0.1) is 5.60 Å². The second kappa shape index (κ2) is 6.46. The summed E-state index contributed by atoms with van der Waals surface area (Å²) in [5.41, 5.74) is 1.60. The maximum Gasteiger partial charge on any atom is 0.243 e. The van der Waals surface area contributed by atoms with Gasteiger partial charge in [-0.1, -0.05) is 13.8 Å². The van der Waals surface area contributed by atoms with Crippen LogP contribution < -0.4 is 16.6 Å². The van der Waals surface area contributed by atoms with E-state index in [0.29, 0.717) is 31.3 Å². The zero-order valence-corrected chi connectivity index (χ0v) is 12.1. The molecule has 0 aliphatic rings. The third kappa shape index (κ3) is 3.64. The Morgan fingerprint density at radius 2 is 1.95 bits per heavy atom. The highest BCUT2D eigenvalue weighted by Crippen LogP contribution is 2.16. The summed E-state index contributed by atoms with van der Waals surface area (Å²) < 4.78 is 1.64. The van der Waals surface area contributed by atoms with Crippen LogP contribution in [0, 0.1) is 0 Å². The first-order valence-electron chi connectivity index (χ1n) is 6.77. The molecule has 0 amide bonds. The van der Waals surface area contributed by atoms with E-state index in [4.69, 9.17) is 5.84 Å². The first-order valence-corrected chi connectivity index (χ1v) is 6.77. The van der Waals surface area contributed by atoms with Crippen LogP contribution in [0.15, 0.2) is 18.7 Å². The van der Waals surface area contributed by atoms with Gasteiger partial charge in [-0.2, -0.15) is 15.0 Å². The van der Waals surface area contributed by atoms with E-state index < -0.39 is 5.60 Å². The lowest BCUT2D eigenvalue weighted by Crippen LogP contribution is -2.36. The second-order valence-electron chi connectivity index (χ2n) is 4.68. The van der Waals surface area contributed by atoms with E-state index in [-0.39, 0.29) is 5.95 Å². The van der Waals surface area contributed by atoms with E-state index in [1.54, 1.807) is 23.3 Å². The minimum absolute atomic E-state index is 0.229. The molecule has 2 heterocycles. The lowest BCUT2D eigenvalue weighted by Gasteiger charge is -2.25. The molecule has 0 atom stereocenters. The normalized spacial score (nSPS) is 11.4. The lowest BCUT2D eigenvalue weighted by molar-refractivity contribution is 0.0455. The summed E-state index contributed by atoms with van der Waals surface area (Å²) in [4.78, 5) is 16.5. The fourth-order valence-electron chi connectivity index (χ4n) is 1.74. The molecule has 0 saturated heterocycles. The Labute approximate surface area is 122 Å². The van der Waals surface area contributed by atoms with Gasteiger partial charge in [-0.25, -0.2) is 10.8 Å². The molecule has 0 aliphatic carbocycles. The number of nitrogens with two attached hydrogens (primary N) is 1. The summed E-state index contributed by atoms with van der Waals surface area (Å²) in [6, 6.07) is 0. The zero-order chi connectivity index (χ0) is 15.3. The van der Waals surface area contributed by atoms with Gasteiger partial charge in [0.15, 0.2) is 0 Å². The standard InChI is InChI=1S/C12H20N8O/c1-3-12(21,4-2)7-15-9-16-10(19-13)18-11(17-9)20-6-5-14-8-20/h5-6,8,21H,3-4,7,13H2,1-2H3,(H2,15,16,17,18,19). The SMILES string of the molecule is CCC(O)(CC)CNc1nc(NN)nc(-n2ccnc2)n1. The fourth-order valence-corrected chi connectivity index (χ4v) is 1.74. The highest BCUT2D eigenvalue weighted by Gasteiger charge is 2.22. The monoisotopic (exact) mass is 292 g/mol. The largest absolute Gasteiger partial charge is 0.388 e. The molecule has 0 radical (unpaired) electrons. The number of nitrogens with one attached hydrogen (secondary N) is 2. The van der Waals surface area contributed by atoms with Crippen LogP contribution in [0.25, 0.3) is 5.95 Å². The van der Waals surface area contributed by atoms with Crippen LogP contribution in [0.1, 0.15) is 26.7 Å². The van der Waals surface area contributed by atoms with Crippen molar-refractivity contribution >= 4 is 11.9 Å². The quantitative estimate of drug-likeness (QED) is 0.424. The molecule has 114 valence electrons. The summed E-state index contributed by atoms with van der Waals surface area (Å²) >= 11 is 0. The van der Waals surface area contributed by atoms with Crippen molar-refractivity contribution in [3.05, 3.63) is 18.7 Å². The van der Waals surface area contributed by atoms with Gasteiger partial charge >= 0.3 is 0 Å². The molecular weight excluding hydrogens is 272 g/mol. The number of anilines is 2. The number of aliphatic hydroxyl groups is 1. The molecule has 0 unspecified atom stereocenters. The average Bonchev–Trinajstić information content (AvgIpc) is 3.06. The Bertz CT molecular complexity index is 567. The van der Waals surface area contributed by atoms with E-state index in [2.05, 4.69) is 30.7 Å². The van der Waals surface area contributed by atoms with Crippen molar-refractivity contribution in [1.82, 2.24) is 24.5 Å². The van der Waals surface area contributed by atoms with Crippen LogP contribution in [-0.4, -0.2) is 41.8 Å².